The van der Waals surface area contributed by atoms with Gasteiger partial charge in [0, 0.05) is 5.56 Å². The largest absolute Gasteiger partial charge is 0.508 e. The molecule has 182 valence electrons. The maximum absolute atomic E-state index is 13.3. The van der Waals surface area contributed by atoms with Crippen molar-refractivity contribution in [3.8, 4) is 5.75 Å². The molecule has 1 aliphatic rings. The van der Waals surface area contributed by atoms with E-state index in [4.69, 9.17) is 16.3 Å². The fourth-order valence-electron chi connectivity index (χ4n) is 3.80. The lowest BCUT2D eigenvalue weighted by Crippen LogP contribution is -2.52. The van der Waals surface area contributed by atoms with Gasteiger partial charge in [-0.25, -0.2) is 5.14 Å². The molecule has 11 nitrogen and oxygen atoms in total. The van der Waals surface area contributed by atoms with E-state index in [9.17, 15) is 23.1 Å². The molecule has 34 heavy (non-hydrogen) atoms. The van der Waals surface area contributed by atoms with Gasteiger partial charge in [-0.05, 0) is 49.1 Å². The second-order valence-electron chi connectivity index (χ2n) is 8.11. The van der Waals surface area contributed by atoms with E-state index < -0.39 is 34.2 Å². The predicted molar refractivity (Wildman–Crippen MR) is 126 cm³/mol. The number of hydrogen-bond donors (Lipinski definition) is 7. The molecule has 1 fully saturated rings. The summed E-state index contributed by atoms with van der Waals surface area (Å²) < 4.78 is 25.6. The number of nitrogens with one attached hydrogen (secondary N) is 4. The zero-order chi connectivity index (χ0) is 24.9. The lowest BCUT2D eigenvalue weighted by molar-refractivity contribution is -0.129. The Bertz CT molecular complexity index is 1150. The number of hydrogen-bond acceptors (Lipinski definition) is 7. The number of ketones is 1. The molecule has 1 saturated heterocycles. The normalized spacial score (nSPS) is 17.6. The van der Waals surface area contributed by atoms with Crippen LogP contribution in [-0.4, -0.2) is 49.7 Å². The van der Waals surface area contributed by atoms with Gasteiger partial charge in [-0.3, -0.25) is 15.0 Å². The number of amides is 1. The van der Waals surface area contributed by atoms with Gasteiger partial charge < -0.3 is 21.5 Å². The minimum absolute atomic E-state index is 0.0212. The third-order valence-electron chi connectivity index (χ3n) is 5.53. The number of Topliss-reactive ketones (excluding diaryl/α,β-unsaturated/α-hetero) is 1. The Morgan fingerprint density at radius 1 is 1.15 bits per heavy atom. The Morgan fingerprint density at radius 3 is 2.32 bits per heavy atom. The van der Waals surface area contributed by atoms with Gasteiger partial charge in [0.2, 0.25) is 5.91 Å². The highest BCUT2D eigenvalue weighted by atomic mass is 32.2. The van der Waals surface area contributed by atoms with E-state index >= 15 is 0 Å². The summed E-state index contributed by atoms with van der Waals surface area (Å²) in [7, 11) is -4.24. The van der Waals surface area contributed by atoms with Crippen molar-refractivity contribution >= 4 is 27.7 Å². The van der Waals surface area contributed by atoms with Gasteiger partial charge in [-0.1, -0.05) is 36.4 Å². The van der Waals surface area contributed by atoms with Crippen molar-refractivity contribution in [2.75, 3.05) is 6.54 Å². The van der Waals surface area contributed by atoms with Crippen molar-refractivity contribution in [3.05, 3.63) is 65.2 Å². The van der Waals surface area contributed by atoms with Crippen LogP contribution in [-0.2, 0) is 26.2 Å². The van der Waals surface area contributed by atoms with E-state index in [1.807, 2.05) is 0 Å². The molecule has 3 atom stereocenters. The van der Waals surface area contributed by atoms with Gasteiger partial charge in [0.25, 0.3) is 10.2 Å². The first kappa shape index (κ1) is 25.3. The first-order valence-corrected chi connectivity index (χ1v) is 12.2. The van der Waals surface area contributed by atoms with Crippen molar-refractivity contribution in [3.63, 3.8) is 0 Å². The molecule has 0 bridgehead atoms. The van der Waals surface area contributed by atoms with Crippen molar-refractivity contribution in [1.82, 2.24) is 15.4 Å². The summed E-state index contributed by atoms with van der Waals surface area (Å²) in [5, 5.41) is 27.9. The summed E-state index contributed by atoms with van der Waals surface area (Å²) >= 11 is 0. The van der Waals surface area contributed by atoms with Crippen LogP contribution < -0.4 is 26.2 Å². The molecule has 1 amide bonds. The average molecular weight is 489 g/mol. The Labute approximate surface area is 197 Å². The van der Waals surface area contributed by atoms with Crippen LogP contribution >= 0.6 is 0 Å². The van der Waals surface area contributed by atoms with E-state index in [0.29, 0.717) is 29.7 Å². The first-order chi connectivity index (χ1) is 16.0. The van der Waals surface area contributed by atoms with Gasteiger partial charge in [0.15, 0.2) is 5.78 Å². The van der Waals surface area contributed by atoms with Crippen LogP contribution in [0.1, 0.15) is 35.6 Å². The number of phenols is 1. The van der Waals surface area contributed by atoms with Gasteiger partial charge >= 0.3 is 0 Å². The summed E-state index contributed by atoms with van der Waals surface area (Å²) in [6.45, 7) is 0.677. The molecule has 1 heterocycles. The van der Waals surface area contributed by atoms with Crippen LogP contribution in [0.2, 0.25) is 0 Å². The van der Waals surface area contributed by atoms with Crippen molar-refractivity contribution in [2.24, 2.45) is 10.9 Å². The molecule has 0 aromatic heterocycles. The Balaban J connectivity index is 1.88. The van der Waals surface area contributed by atoms with E-state index in [-0.39, 0.29) is 23.8 Å². The molecule has 3 rings (SSSR count). The molecular weight excluding hydrogens is 460 g/mol. The number of aromatic hydroxyl groups is 1. The standard InChI is InChI=1S/C22H28N6O5S/c23-21(24)15-7-5-14(6-8-15)19(20(30)17-2-1-11-26-17)27-22(31)18(28-34(25,32)33)12-13-3-9-16(29)10-4-13/h3-10,17-19,26,28-29H,1-2,11-12H2,(H3,23,24)(H,27,31)(H2,25,32,33)/t17-,18+,19?/m0/s1. The third kappa shape index (κ3) is 6.84. The highest BCUT2D eigenvalue weighted by Gasteiger charge is 2.33. The second-order valence-corrected chi connectivity index (χ2v) is 9.44. The minimum atomic E-state index is -4.24. The SMILES string of the molecule is N=C(N)c1ccc(C(NC(=O)[C@@H](Cc2ccc(O)cc2)NS(N)(=O)=O)C(=O)[C@@H]2CCCN2)cc1. The number of carbonyl (C=O) groups excluding carboxylic acids is 2. The van der Waals surface area contributed by atoms with E-state index in [1.54, 1.807) is 36.4 Å². The molecular formula is C22H28N6O5S. The quantitative estimate of drug-likeness (QED) is 0.173. The number of amidine groups is 1. The highest BCUT2D eigenvalue weighted by Crippen LogP contribution is 2.21. The van der Waals surface area contributed by atoms with Gasteiger partial charge in [0.1, 0.15) is 23.7 Å². The number of nitrogen functional groups attached to an aromatic ring is 1. The molecule has 1 aliphatic heterocycles. The summed E-state index contributed by atoms with van der Waals surface area (Å²) in [5.74, 6) is -1.12. The van der Waals surface area contributed by atoms with Gasteiger partial charge in [0.05, 0.1) is 6.04 Å². The highest BCUT2D eigenvalue weighted by molar-refractivity contribution is 7.87. The summed E-state index contributed by atoms with van der Waals surface area (Å²) in [6.07, 6.45) is 1.37. The number of carbonyl (C=O) groups is 2. The lowest BCUT2D eigenvalue weighted by atomic mass is 9.95. The Kier molecular flexibility index (Phi) is 7.99. The van der Waals surface area contributed by atoms with Gasteiger partial charge in [-0.15, -0.1) is 0 Å². The van der Waals surface area contributed by atoms with Crippen LogP contribution in [0.4, 0.5) is 0 Å². The van der Waals surface area contributed by atoms with E-state index in [0.717, 1.165) is 6.42 Å². The molecule has 0 spiro atoms. The van der Waals surface area contributed by atoms with E-state index in [1.165, 1.54) is 12.1 Å². The topological polar surface area (TPSA) is 200 Å². The first-order valence-electron chi connectivity index (χ1n) is 10.6. The fraction of sp³-hybridized carbons (Fsp3) is 0.318. The smallest absolute Gasteiger partial charge is 0.275 e. The zero-order valence-electron chi connectivity index (χ0n) is 18.3. The Hall–Kier alpha value is -3.32. The second kappa shape index (κ2) is 10.7. The molecule has 0 saturated carbocycles. The average Bonchev–Trinajstić information content (AvgIpc) is 3.32. The summed E-state index contributed by atoms with van der Waals surface area (Å²) in [5.41, 5.74) is 7.00. The number of rotatable bonds is 10. The number of phenolic OH excluding ortho intramolecular Hbond substituents is 1. The predicted octanol–water partition coefficient (Wildman–Crippen LogP) is -0.441. The summed E-state index contributed by atoms with van der Waals surface area (Å²) in [4.78, 5) is 26.5. The third-order valence-corrected chi connectivity index (χ3v) is 6.14. The fourth-order valence-corrected chi connectivity index (χ4v) is 4.39. The van der Waals surface area contributed by atoms with Crippen LogP contribution in [0.15, 0.2) is 48.5 Å². The summed E-state index contributed by atoms with van der Waals surface area (Å²) in [6, 6.07) is 9.43. The molecule has 0 aliphatic carbocycles. The van der Waals surface area contributed by atoms with Crippen molar-refractivity contribution in [2.45, 2.75) is 37.4 Å². The molecule has 12 heteroatoms. The maximum Gasteiger partial charge on any atom is 0.275 e. The maximum atomic E-state index is 13.3. The van der Waals surface area contributed by atoms with Crippen LogP contribution in [0.5, 0.6) is 5.75 Å². The van der Waals surface area contributed by atoms with Crippen LogP contribution in [0, 0.1) is 5.41 Å². The van der Waals surface area contributed by atoms with Gasteiger partial charge in [-0.2, -0.15) is 13.1 Å². The molecule has 2 aromatic carbocycles. The van der Waals surface area contributed by atoms with E-state index in [2.05, 4.69) is 15.4 Å². The van der Waals surface area contributed by atoms with Crippen LogP contribution in [0.3, 0.4) is 0 Å². The minimum Gasteiger partial charge on any atom is -0.508 e. The molecule has 2 aromatic rings. The van der Waals surface area contributed by atoms with Crippen LogP contribution in [0.25, 0.3) is 0 Å². The monoisotopic (exact) mass is 488 g/mol. The lowest BCUT2D eigenvalue weighted by Gasteiger charge is -2.25. The Morgan fingerprint density at radius 2 is 1.79 bits per heavy atom. The van der Waals surface area contributed by atoms with Crippen molar-refractivity contribution in [1.29, 1.82) is 5.41 Å². The molecule has 1 unspecified atom stereocenters. The van der Waals surface area contributed by atoms with Crippen molar-refractivity contribution < 1.29 is 23.1 Å². The zero-order valence-corrected chi connectivity index (χ0v) is 19.1. The molecule has 9 N–H and O–H groups in total. The number of benzene rings is 2. The molecule has 0 radical (unpaired) electrons. The number of nitrogens with two attached hydrogens (primary N) is 2.